The fourth-order valence-electron chi connectivity index (χ4n) is 2.83. The van der Waals surface area contributed by atoms with Gasteiger partial charge in [0.1, 0.15) is 5.75 Å². The van der Waals surface area contributed by atoms with Crippen LogP contribution in [-0.2, 0) is 4.79 Å². The van der Waals surface area contributed by atoms with E-state index in [4.69, 9.17) is 4.74 Å². The van der Waals surface area contributed by atoms with Crippen LogP contribution in [0.3, 0.4) is 0 Å². The Labute approximate surface area is 157 Å². The van der Waals surface area contributed by atoms with Crippen LogP contribution in [0, 0.1) is 6.92 Å². The van der Waals surface area contributed by atoms with Crippen molar-refractivity contribution in [3.63, 3.8) is 0 Å². The number of hydrogen-bond acceptors (Lipinski definition) is 3. The molecule has 0 spiro atoms. The average molecular weight is 354 g/mol. The lowest BCUT2D eigenvalue weighted by atomic mass is 9.98. The normalized spacial score (nSPS) is 10.9. The lowest BCUT2D eigenvalue weighted by Gasteiger charge is -2.17. The summed E-state index contributed by atoms with van der Waals surface area (Å²) in [7, 11) is 0. The van der Waals surface area contributed by atoms with Crippen LogP contribution < -0.4 is 15.4 Å². The highest BCUT2D eigenvalue weighted by Gasteiger charge is 2.09. The summed E-state index contributed by atoms with van der Waals surface area (Å²) in [6.07, 6.45) is 0.550. The number of amides is 1. The summed E-state index contributed by atoms with van der Waals surface area (Å²) in [5.41, 5.74) is 4.42. The van der Waals surface area contributed by atoms with E-state index in [1.54, 1.807) is 0 Å². The minimum absolute atomic E-state index is 0.00490. The van der Waals surface area contributed by atoms with Crippen molar-refractivity contribution in [2.45, 2.75) is 53.1 Å². The molecule has 2 aromatic rings. The highest BCUT2D eigenvalue weighted by atomic mass is 16.5. The van der Waals surface area contributed by atoms with Crippen molar-refractivity contribution in [1.29, 1.82) is 0 Å². The molecule has 1 amide bonds. The van der Waals surface area contributed by atoms with Crippen LogP contribution in [0.15, 0.2) is 42.5 Å². The van der Waals surface area contributed by atoms with Crippen LogP contribution in [0.1, 0.15) is 51.2 Å². The summed E-state index contributed by atoms with van der Waals surface area (Å²) in [6, 6.07) is 13.8. The summed E-state index contributed by atoms with van der Waals surface area (Å²) in [5, 5.41) is 6.36. The van der Waals surface area contributed by atoms with Crippen molar-refractivity contribution >= 4 is 17.3 Å². The lowest BCUT2D eigenvalue weighted by Crippen LogP contribution is -2.17. The molecule has 2 aromatic carbocycles. The van der Waals surface area contributed by atoms with E-state index >= 15 is 0 Å². The summed E-state index contributed by atoms with van der Waals surface area (Å²) < 4.78 is 5.61. The van der Waals surface area contributed by atoms with Crippen molar-refractivity contribution < 1.29 is 9.53 Å². The van der Waals surface area contributed by atoms with Gasteiger partial charge in [-0.05, 0) is 62.1 Å². The summed E-state index contributed by atoms with van der Waals surface area (Å²) in [4.78, 5) is 12.2. The van der Waals surface area contributed by atoms with Crippen molar-refractivity contribution in [2.24, 2.45) is 0 Å². The number of nitrogens with one attached hydrogen (secondary N) is 2. The van der Waals surface area contributed by atoms with E-state index in [9.17, 15) is 4.79 Å². The van der Waals surface area contributed by atoms with Crippen LogP contribution in [0.25, 0.3) is 0 Å². The molecular weight excluding hydrogens is 324 g/mol. The third-order valence-corrected chi connectivity index (χ3v) is 4.09. The van der Waals surface area contributed by atoms with Crippen LogP contribution in [0.2, 0.25) is 0 Å². The van der Waals surface area contributed by atoms with Gasteiger partial charge in [-0.25, -0.2) is 0 Å². The minimum atomic E-state index is -0.00490. The zero-order valence-corrected chi connectivity index (χ0v) is 16.4. The highest BCUT2D eigenvalue weighted by Crippen LogP contribution is 2.27. The molecule has 4 nitrogen and oxygen atoms in total. The fraction of sp³-hybridized carbons (Fsp3) is 0.409. The second-order valence-electron chi connectivity index (χ2n) is 7.11. The Kier molecular flexibility index (Phi) is 7.07. The van der Waals surface area contributed by atoms with Gasteiger partial charge in [0, 0.05) is 24.3 Å². The van der Waals surface area contributed by atoms with Crippen molar-refractivity contribution in [2.75, 3.05) is 17.2 Å². The van der Waals surface area contributed by atoms with Crippen LogP contribution >= 0.6 is 0 Å². The van der Waals surface area contributed by atoms with E-state index in [2.05, 4.69) is 49.6 Å². The molecule has 0 radical (unpaired) electrons. The van der Waals surface area contributed by atoms with E-state index in [0.29, 0.717) is 18.9 Å². The van der Waals surface area contributed by atoms with E-state index < -0.39 is 0 Å². The minimum Gasteiger partial charge on any atom is -0.491 e. The molecule has 26 heavy (non-hydrogen) atoms. The predicted molar refractivity (Wildman–Crippen MR) is 109 cm³/mol. The number of para-hydroxylation sites is 1. The molecule has 0 heterocycles. The second kappa shape index (κ2) is 9.27. The summed E-state index contributed by atoms with van der Waals surface area (Å²) in [6.45, 7) is 11.0. The Morgan fingerprint density at radius 1 is 1.04 bits per heavy atom. The molecule has 0 aromatic heterocycles. The summed E-state index contributed by atoms with van der Waals surface area (Å²) >= 11 is 0. The first-order chi connectivity index (χ1) is 12.4. The molecule has 0 aliphatic heterocycles. The molecule has 0 aliphatic carbocycles. The Hall–Kier alpha value is -2.49. The van der Waals surface area contributed by atoms with Crippen LogP contribution in [0.5, 0.6) is 5.75 Å². The maximum absolute atomic E-state index is 12.2. The molecule has 0 saturated carbocycles. The number of carbonyl (C=O) groups is 1. The van der Waals surface area contributed by atoms with Gasteiger partial charge in [-0.15, -0.1) is 0 Å². The van der Waals surface area contributed by atoms with E-state index in [1.165, 1.54) is 11.1 Å². The van der Waals surface area contributed by atoms with E-state index in [0.717, 1.165) is 17.1 Å². The predicted octanol–water partition coefficient (Wildman–Crippen LogP) is 5.35. The Morgan fingerprint density at radius 2 is 1.73 bits per heavy atom. The van der Waals surface area contributed by atoms with Gasteiger partial charge in [0.05, 0.1) is 6.10 Å². The van der Waals surface area contributed by atoms with Gasteiger partial charge < -0.3 is 15.4 Å². The zero-order chi connectivity index (χ0) is 19.1. The second-order valence-corrected chi connectivity index (χ2v) is 7.11. The van der Waals surface area contributed by atoms with Gasteiger partial charge in [-0.2, -0.15) is 0 Å². The first kappa shape index (κ1) is 19.8. The molecule has 0 saturated heterocycles. The molecule has 2 rings (SSSR count). The summed E-state index contributed by atoms with van der Waals surface area (Å²) in [5.74, 6) is 1.24. The molecule has 0 atom stereocenters. The topological polar surface area (TPSA) is 50.4 Å². The maximum Gasteiger partial charge on any atom is 0.226 e. The monoisotopic (exact) mass is 354 g/mol. The van der Waals surface area contributed by atoms with Crippen molar-refractivity contribution in [3.05, 3.63) is 53.6 Å². The molecule has 0 aliphatic rings. The van der Waals surface area contributed by atoms with Crippen LogP contribution in [0.4, 0.5) is 11.4 Å². The van der Waals surface area contributed by atoms with Gasteiger partial charge in [-0.3, -0.25) is 4.79 Å². The Morgan fingerprint density at radius 3 is 2.35 bits per heavy atom. The number of benzene rings is 2. The number of carbonyl (C=O) groups excluding carboxylic acids is 1. The van der Waals surface area contributed by atoms with Gasteiger partial charge in [0.2, 0.25) is 5.91 Å². The standard InChI is InChI=1S/C22H30N2O2/c1-15(2)20-8-6-7-17(5)22(20)23-14-13-21(25)24-18-9-11-19(12-10-18)26-16(3)4/h6-12,15-16,23H,13-14H2,1-5H3,(H,24,25). The molecule has 0 fully saturated rings. The number of ether oxygens (including phenoxy) is 1. The molecule has 4 heteroatoms. The van der Waals surface area contributed by atoms with Gasteiger partial charge >= 0.3 is 0 Å². The smallest absolute Gasteiger partial charge is 0.226 e. The number of aryl methyl sites for hydroxylation is 1. The lowest BCUT2D eigenvalue weighted by molar-refractivity contribution is -0.115. The van der Waals surface area contributed by atoms with Gasteiger partial charge in [-0.1, -0.05) is 32.0 Å². The van der Waals surface area contributed by atoms with E-state index in [-0.39, 0.29) is 12.0 Å². The quantitative estimate of drug-likeness (QED) is 0.672. The third kappa shape index (κ3) is 5.80. The highest BCUT2D eigenvalue weighted by molar-refractivity contribution is 5.91. The average Bonchev–Trinajstić information content (AvgIpc) is 2.57. The largest absolute Gasteiger partial charge is 0.491 e. The molecule has 0 unspecified atom stereocenters. The Bertz CT molecular complexity index is 721. The number of anilines is 2. The van der Waals surface area contributed by atoms with E-state index in [1.807, 2.05) is 38.1 Å². The fourth-order valence-corrected chi connectivity index (χ4v) is 2.83. The SMILES string of the molecule is Cc1cccc(C(C)C)c1NCCC(=O)Nc1ccc(OC(C)C)cc1. The number of rotatable bonds is 8. The molecule has 2 N–H and O–H groups in total. The zero-order valence-electron chi connectivity index (χ0n) is 16.4. The molecule has 140 valence electrons. The van der Waals surface area contributed by atoms with Crippen molar-refractivity contribution in [3.8, 4) is 5.75 Å². The third-order valence-electron chi connectivity index (χ3n) is 4.09. The van der Waals surface area contributed by atoms with Crippen LogP contribution in [-0.4, -0.2) is 18.6 Å². The molecule has 0 bridgehead atoms. The van der Waals surface area contributed by atoms with Crippen molar-refractivity contribution in [1.82, 2.24) is 0 Å². The maximum atomic E-state index is 12.2. The first-order valence-corrected chi connectivity index (χ1v) is 9.26. The van der Waals surface area contributed by atoms with Gasteiger partial charge in [0.15, 0.2) is 0 Å². The van der Waals surface area contributed by atoms with Gasteiger partial charge in [0.25, 0.3) is 0 Å². The Balaban J connectivity index is 1.86. The number of hydrogen-bond donors (Lipinski definition) is 2. The first-order valence-electron chi connectivity index (χ1n) is 9.26. The molecular formula is C22H30N2O2.